The zero-order chi connectivity index (χ0) is 17.8. The van der Waals surface area contributed by atoms with E-state index in [0.717, 1.165) is 22.6 Å². The van der Waals surface area contributed by atoms with Gasteiger partial charge in [0.2, 0.25) is 5.91 Å². The van der Waals surface area contributed by atoms with Crippen molar-refractivity contribution < 1.29 is 19.1 Å². The van der Waals surface area contributed by atoms with Crippen molar-refractivity contribution in [1.29, 1.82) is 0 Å². The summed E-state index contributed by atoms with van der Waals surface area (Å²) in [6.07, 6.45) is 0.960. The number of nitrogens with one attached hydrogen (secondary N) is 1. The van der Waals surface area contributed by atoms with Gasteiger partial charge in [-0.25, -0.2) is 4.79 Å². The van der Waals surface area contributed by atoms with Crippen LogP contribution in [0, 0.1) is 0 Å². The van der Waals surface area contributed by atoms with E-state index in [-0.39, 0.29) is 11.6 Å². The Kier molecular flexibility index (Phi) is 5.02. The molecule has 0 atom stereocenters. The highest BCUT2D eigenvalue weighted by Gasteiger charge is 2.28. The molecule has 0 saturated heterocycles. The number of hydrogen-bond acceptors (Lipinski definition) is 5. The molecular formula is C18H21N3O4. The van der Waals surface area contributed by atoms with Crippen LogP contribution in [0.5, 0.6) is 5.75 Å². The average molecular weight is 343 g/mol. The van der Waals surface area contributed by atoms with E-state index in [4.69, 9.17) is 9.47 Å². The van der Waals surface area contributed by atoms with E-state index in [2.05, 4.69) is 10.2 Å². The van der Waals surface area contributed by atoms with Crippen LogP contribution in [0.3, 0.4) is 0 Å². The van der Waals surface area contributed by atoms with E-state index in [0.29, 0.717) is 32.5 Å². The monoisotopic (exact) mass is 343 g/mol. The number of amides is 1. The Balaban J connectivity index is 1.69. The van der Waals surface area contributed by atoms with Gasteiger partial charge in [0.05, 0.1) is 20.1 Å². The number of H-pyrrole nitrogens is 1. The van der Waals surface area contributed by atoms with Crippen LogP contribution in [-0.4, -0.2) is 47.2 Å². The second-order valence-corrected chi connectivity index (χ2v) is 5.84. The van der Waals surface area contributed by atoms with E-state index in [1.165, 1.54) is 0 Å². The van der Waals surface area contributed by atoms with E-state index in [1.54, 1.807) is 18.9 Å². The molecule has 1 aliphatic rings. The normalized spacial score (nSPS) is 13.3. The van der Waals surface area contributed by atoms with Crippen LogP contribution >= 0.6 is 0 Å². The summed E-state index contributed by atoms with van der Waals surface area (Å²) in [7, 11) is 1.61. The minimum Gasteiger partial charge on any atom is -0.497 e. The van der Waals surface area contributed by atoms with Crippen molar-refractivity contribution in [3.05, 3.63) is 46.8 Å². The van der Waals surface area contributed by atoms with Crippen LogP contribution in [0.25, 0.3) is 0 Å². The molecule has 0 aliphatic carbocycles. The Morgan fingerprint density at radius 2 is 2.04 bits per heavy atom. The van der Waals surface area contributed by atoms with E-state index >= 15 is 0 Å². The standard InChI is InChI=1S/C18H21N3O4/c1-3-25-18(23)17-14-11-21(9-8-15(14)19-20-17)16(22)10-12-4-6-13(24-2)7-5-12/h4-7H,3,8-11H2,1-2H3,(H,19,20). The quantitative estimate of drug-likeness (QED) is 0.836. The van der Waals surface area contributed by atoms with Gasteiger partial charge in [0.15, 0.2) is 5.69 Å². The van der Waals surface area contributed by atoms with Gasteiger partial charge in [0, 0.05) is 30.8 Å². The number of benzene rings is 1. The molecule has 1 N–H and O–H groups in total. The average Bonchev–Trinajstić information content (AvgIpc) is 3.05. The fraction of sp³-hybridized carbons (Fsp3) is 0.389. The van der Waals surface area contributed by atoms with Crippen LogP contribution in [0.15, 0.2) is 24.3 Å². The van der Waals surface area contributed by atoms with Gasteiger partial charge < -0.3 is 14.4 Å². The first-order valence-electron chi connectivity index (χ1n) is 8.26. The topological polar surface area (TPSA) is 84.5 Å². The fourth-order valence-electron chi connectivity index (χ4n) is 2.91. The number of rotatable bonds is 5. The minimum absolute atomic E-state index is 0.0202. The van der Waals surface area contributed by atoms with Crippen LogP contribution < -0.4 is 4.74 Å². The molecule has 1 aromatic heterocycles. The largest absolute Gasteiger partial charge is 0.497 e. The Bertz CT molecular complexity index is 767. The van der Waals surface area contributed by atoms with Gasteiger partial charge in [-0.3, -0.25) is 9.89 Å². The van der Waals surface area contributed by atoms with Crippen LogP contribution in [-0.2, 0) is 28.9 Å². The molecule has 132 valence electrons. The molecule has 1 aromatic carbocycles. The van der Waals surface area contributed by atoms with Gasteiger partial charge in [-0.05, 0) is 24.6 Å². The maximum Gasteiger partial charge on any atom is 0.359 e. The molecule has 0 radical (unpaired) electrons. The zero-order valence-electron chi connectivity index (χ0n) is 14.4. The lowest BCUT2D eigenvalue weighted by Gasteiger charge is -2.27. The van der Waals surface area contributed by atoms with Crippen molar-refractivity contribution in [2.24, 2.45) is 0 Å². The second-order valence-electron chi connectivity index (χ2n) is 5.84. The maximum atomic E-state index is 12.6. The lowest BCUT2D eigenvalue weighted by molar-refractivity contribution is -0.131. The first-order chi connectivity index (χ1) is 12.1. The van der Waals surface area contributed by atoms with Gasteiger partial charge in [-0.2, -0.15) is 5.10 Å². The van der Waals surface area contributed by atoms with E-state index in [1.807, 2.05) is 24.3 Å². The first kappa shape index (κ1) is 17.0. The number of esters is 1. The molecule has 3 rings (SSSR count). The number of carbonyl (C=O) groups excluding carboxylic acids is 2. The molecule has 0 unspecified atom stereocenters. The number of hydrogen-bond donors (Lipinski definition) is 1. The predicted molar refractivity (Wildman–Crippen MR) is 90.4 cm³/mol. The summed E-state index contributed by atoms with van der Waals surface area (Å²) in [5, 5.41) is 6.95. The molecule has 1 amide bonds. The Hall–Kier alpha value is -2.83. The van der Waals surface area contributed by atoms with Gasteiger partial charge >= 0.3 is 5.97 Å². The molecule has 2 aromatic rings. The summed E-state index contributed by atoms with van der Waals surface area (Å²) >= 11 is 0. The smallest absolute Gasteiger partial charge is 0.359 e. The molecule has 2 heterocycles. The molecule has 0 spiro atoms. The molecule has 0 fully saturated rings. The zero-order valence-corrected chi connectivity index (χ0v) is 14.4. The first-order valence-corrected chi connectivity index (χ1v) is 8.26. The molecule has 25 heavy (non-hydrogen) atoms. The summed E-state index contributed by atoms with van der Waals surface area (Å²) in [6, 6.07) is 7.44. The third-order valence-electron chi connectivity index (χ3n) is 4.27. The summed E-state index contributed by atoms with van der Waals surface area (Å²) in [5.41, 5.74) is 2.86. The van der Waals surface area contributed by atoms with Crippen molar-refractivity contribution in [2.45, 2.75) is 26.3 Å². The van der Waals surface area contributed by atoms with Crippen molar-refractivity contribution in [2.75, 3.05) is 20.3 Å². The third kappa shape index (κ3) is 3.65. The number of aromatic nitrogens is 2. The summed E-state index contributed by atoms with van der Waals surface area (Å²) < 4.78 is 10.2. The van der Waals surface area contributed by atoms with Gasteiger partial charge in [-0.1, -0.05) is 12.1 Å². The highest BCUT2D eigenvalue weighted by molar-refractivity contribution is 5.89. The molecule has 0 bridgehead atoms. The Morgan fingerprint density at radius 3 is 2.72 bits per heavy atom. The van der Waals surface area contributed by atoms with E-state index < -0.39 is 5.97 Å². The molecule has 7 nitrogen and oxygen atoms in total. The maximum absolute atomic E-state index is 12.6. The summed E-state index contributed by atoms with van der Waals surface area (Å²) in [6.45, 7) is 3.02. The second kappa shape index (κ2) is 7.38. The lowest BCUT2D eigenvalue weighted by Crippen LogP contribution is -2.37. The number of methoxy groups -OCH3 is 1. The van der Waals surface area contributed by atoms with Crippen molar-refractivity contribution in [3.63, 3.8) is 0 Å². The third-order valence-corrected chi connectivity index (χ3v) is 4.27. The van der Waals surface area contributed by atoms with Gasteiger partial charge in [-0.15, -0.1) is 0 Å². The number of carbonyl (C=O) groups is 2. The number of aromatic amines is 1. The van der Waals surface area contributed by atoms with Crippen molar-refractivity contribution in [1.82, 2.24) is 15.1 Å². The highest BCUT2D eigenvalue weighted by atomic mass is 16.5. The summed E-state index contributed by atoms with van der Waals surface area (Å²) in [4.78, 5) is 26.3. The van der Waals surface area contributed by atoms with Crippen LogP contribution in [0.4, 0.5) is 0 Å². The van der Waals surface area contributed by atoms with Crippen molar-refractivity contribution >= 4 is 11.9 Å². The number of nitrogens with zero attached hydrogens (tertiary/aromatic N) is 2. The molecular weight excluding hydrogens is 322 g/mol. The van der Waals surface area contributed by atoms with E-state index in [9.17, 15) is 9.59 Å². The van der Waals surface area contributed by atoms with Crippen LogP contribution in [0.2, 0.25) is 0 Å². The molecule has 1 aliphatic heterocycles. The minimum atomic E-state index is -0.454. The van der Waals surface area contributed by atoms with Gasteiger partial charge in [0.25, 0.3) is 0 Å². The Labute approximate surface area is 145 Å². The highest BCUT2D eigenvalue weighted by Crippen LogP contribution is 2.22. The fourth-order valence-corrected chi connectivity index (χ4v) is 2.91. The molecule has 0 saturated carbocycles. The van der Waals surface area contributed by atoms with Gasteiger partial charge in [0.1, 0.15) is 5.75 Å². The number of ether oxygens (including phenoxy) is 2. The number of fused-ring (bicyclic) bond motifs is 1. The van der Waals surface area contributed by atoms with Crippen molar-refractivity contribution in [3.8, 4) is 5.75 Å². The Morgan fingerprint density at radius 1 is 1.28 bits per heavy atom. The van der Waals surface area contributed by atoms with Crippen LogP contribution in [0.1, 0.15) is 34.2 Å². The summed E-state index contributed by atoms with van der Waals surface area (Å²) in [5.74, 6) is 0.326. The lowest BCUT2D eigenvalue weighted by atomic mass is 10.0. The predicted octanol–water partition coefficient (Wildman–Crippen LogP) is 1.72. The molecule has 7 heteroatoms. The SMILES string of the molecule is CCOC(=O)c1n[nH]c2c1CN(C(=O)Cc1ccc(OC)cc1)CC2.